The number of nitrogens with one attached hydrogen (secondary N) is 1. The second kappa shape index (κ2) is 9.94. The van der Waals surface area contributed by atoms with Crippen LogP contribution in [0.4, 0.5) is 0 Å². The van der Waals surface area contributed by atoms with Crippen LogP contribution in [0.25, 0.3) is 0 Å². The number of carbonyl (C=O) groups excluding carboxylic acids is 2. The number of primary amides is 2. The largest absolute Gasteiger partial charge is 0.366 e. The van der Waals surface area contributed by atoms with Crippen molar-refractivity contribution in [3.63, 3.8) is 0 Å². The van der Waals surface area contributed by atoms with E-state index < -0.39 is 11.8 Å². The zero-order valence-electron chi connectivity index (χ0n) is 11.7. The van der Waals surface area contributed by atoms with E-state index in [4.69, 9.17) is 11.5 Å². The van der Waals surface area contributed by atoms with E-state index in [1.54, 1.807) is 6.07 Å². The number of nitrogens with two attached hydrogens (primary N) is 2. The predicted molar refractivity (Wildman–Crippen MR) is 79.8 cm³/mol. The zero-order valence-corrected chi connectivity index (χ0v) is 11.7. The Morgan fingerprint density at radius 2 is 1.35 bits per heavy atom. The summed E-state index contributed by atoms with van der Waals surface area (Å²) in [7, 11) is 0. The van der Waals surface area contributed by atoms with Crippen molar-refractivity contribution in [3.8, 4) is 0 Å². The molecule has 0 atom stereocenters. The highest BCUT2D eigenvalue weighted by Gasteiger charge is 2.03. The van der Waals surface area contributed by atoms with Gasteiger partial charge >= 0.3 is 0 Å². The summed E-state index contributed by atoms with van der Waals surface area (Å²) in [4.78, 5) is 21.3. The number of rotatable bonds is 2. The van der Waals surface area contributed by atoms with Crippen LogP contribution in [0.15, 0.2) is 24.3 Å². The number of benzene rings is 1. The molecule has 1 aromatic rings. The third-order valence-electron chi connectivity index (χ3n) is 2.89. The van der Waals surface area contributed by atoms with Crippen molar-refractivity contribution in [3.05, 3.63) is 35.4 Å². The average Bonchev–Trinajstić information content (AvgIpc) is 2.71. The van der Waals surface area contributed by atoms with E-state index in [2.05, 4.69) is 5.32 Å². The highest BCUT2D eigenvalue weighted by molar-refractivity contribution is 5.98. The molecule has 20 heavy (non-hydrogen) atoms. The Balaban J connectivity index is 0.000000387. The molecule has 1 aliphatic rings. The SMILES string of the molecule is C1CCCNCC1.N.NC(=O)c1cccc(C(N)=O)c1. The Bertz CT molecular complexity index is 386. The van der Waals surface area contributed by atoms with Gasteiger partial charge in [-0.3, -0.25) is 9.59 Å². The molecule has 0 radical (unpaired) electrons. The predicted octanol–water partition coefficient (Wildman–Crippen LogP) is 1.20. The van der Waals surface area contributed by atoms with Crippen LogP contribution in [0.1, 0.15) is 46.4 Å². The van der Waals surface area contributed by atoms with Crippen LogP contribution in [-0.4, -0.2) is 24.9 Å². The summed E-state index contributed by atoms with van der Waals surface area (Å²) in [5.41, 5.74) is 10.6. The van der Waals surface area contributed by atoms with Gasteiger partial charge in [0.2, 0.25) is 11.8 Å². The first-order valence-corrected chi connectivity index (χ1v) is 6.51. The normalized spacial score (nSPS) is 14.0. The van der Waals surface area contributed by atoms with Crippen LogP contribution in [0.3, 0.4) is 0 Å². The molecule has 8 N–H and O–H groups in total. The molecule has 6 nitrogen and oxygen atoms in total. The summed E-state index contributed by atoms with van der Waals surface area (Å²) in [5.74, 6) is -1.14. The lowest BCUT2D eigenvalue weighted by molar-refractivity contribution is 0.0999. The Morgan fingerprint density at radius 1 is 0.900 bits per heavy atom. The van der Waals surface area contributed by atoms with E-state index in [9.17, 15) is 9.59 Å². The molecule has 0 aromatic heterocycles. The average molecular weight is 280 g/mol. The third kappa shape index (κ3) is 6.86. The maximum atomic E-state index is 10.6. The standard InChI is InChI=1S/C8H8N2O2.C6H13N.H3N/c9-7(11)5-2-1-3-6(4-5)8(10)12;1-2-4-6-7-5-3-1;/h1-4H,(H2,9,11)(H2,10,12);7H,1-6H2;1H3. The first-order valence-electron chi connectivity index (χ1n) is 6.51. The van der Waals surface area contributed by atoms with Gasteiger partial charge in [0.25, 0.3) is 0 Å². The lowest BCUT2D eigenvalue weighted by Gasteiger charge is -1.97. The Kier molecular flexibility index (Phi) is 8.98. The molecule has 1 aromatic carbocycles. The molecule has 2 rings (SSSR count). The molecule has 0 aliphatic carbocycles. The molecule has 1 saturated heterocycles. The van der Waals surface area contributed by atoms with Gasteiger partial charge in [0, 0.05) is 11.1 Å². The maximum absolute atomic E-state index is 10.6. The third-order valence-corrected chi connectivity index (χ3v) is 2.89. The van der Waals surface area contributed by atoms with Crippen molar-refractivity contribution in [1.82, 2.24) is 11.5 Å². The molecular formula is C14H24N4O2. The Hall–Kier alpha value is -1.92. The zero-order chi connectivity index (χ0) is 14.1. The first-order chi connectivity index (χ1) is 9.11. The number of amides is 2. The lowest BCUT2D eigenvalue weighted by atomic mass is 10.1. The number of carbonyl (C=O) groups is 2. The Labute approximate surface area is 119 Å². The van der Waals surface area contributed by atoms with Gasteiger partial charge in [-0.2, -0.15) is 0 Å². The van der Waals surface area contributed by atoms with Crippen LogP contribution >= 0.6 is 0 Å². The molecular weight excluding hydrogens is 256 g/mol. The van der Waals surface area contributed by atoms with Gasteiger partial charge in [-0.05, 0) is 44.1 Å². The topological polar surface area (TPSA) is 133 Å². The van der Waals surface area contributed by atoms with Crippen molar-refractivity contribution in [2.45, 2.75) is 25.7 Å². The summed E-state index contributed by atoms with van der Waals surface area (Å²) < 4.78 is 0. The van der Waals surface area contributed by atoms with Gasteiger partial charge in [-0.25, -0.2) is 0 Å². The van der Waals surface area contributed by atoms with Crippen LogP contribution in [0.2, 0.25) is 0 Å². The molecule has 1 aliphatic heterocycles. The van der Waals surface area contributed by atoms with E-state index >= 15 is 0 Å². The van der Waals surface area contributed by atoms with Gasteiger partial charge in [-0.15, -0.1) is 0 Å². The van der Waals surface area contributed by atoms with Crippen molar-refractivity contribution >= 4 is 11.8 Å². The quantitative estimate of drug-likeness (QED) is 0.647. The minimum atomic E-state index is -0.571. The maximum Gasteiger partial charge on any atom is 0.248 e. The van der Waals surface area contributed by atoms with Crippen LogP contribution in [0, 0.1) is 0 Å². The smallest absolute Gasteiger partial charge is 0.248 e. The summed E-state index contributed by atoms with van der Waals surface area (Å²) in [5, 5.41) is 3.35. The molecule has 1 fully saturated rings. The van der Waals surface area contributed by atoms with Crippen LogP contribution in [-0.2, 0) is 0 Å². The van der Waals surface area contributed by atoms with Gasteiger partial charge in [0.05, 0.1) is 0 Å². The van der Waals surface area contributed by atoms with Gasteiger partial charge in [0.1, 0.15) is 0 Å². The Morgan fingerprint density at radius 3 is 1.75 bits per heavy atom. The van der Waals surface area contributed by atoms with E-state index in [1.165, 1.54) is 57.0 Å². The van der Waals surface area contributed by atoms with Crippen molar-refractivity contribution in [2.75, 3.05) is 13.1 Å². The van der Waals surface area contributed by atoms with Gasteiger partial charge in [0.15, 0.2) is 0 Å². The summed E-state index contributed by atoms with van der Waals surface area (Å²) in [6.45, 7) is 2.50. The van der Waals surface area contributed by atoms with Crippen molar-refractivity contribution in [1.29, 1.82) is 0 Å². The van der Waals surface area contributed by atoms with E-state index in [1.807, 2.05) is 0 Å². The summed E-state index contributed by atoms with van der Waals surface area (Å²) in [6.07, 6.45) is 5.65. The van der Waals surface area contributed by atoms with E-state index in [0.29, 0.717) is 0 Å². The fourth-order valence-corrected chi connectivity index (χ4v) is 1.80. The fraction of sp³-hybridized carbons (Fsp3) is 0.429. The molecule has 0 spiro atoms. The molecule has 0 unspecified atom stereocenters. The molecule has 112 valence electrons. The molecule has 0 saturated carbocycles. The molecule has 6 heteroatoms. The van der Waals surface area contributed by atoms with Crippen molar-refractivity contribution in [2.24, 2.45) is 11.5 Å². The highest BCUT2D eigenvalue weighted by atomic mass is 16.1. The van der Waals surface area contributed by atoms with Crippen LogP contribution < -0.4 is 22.9 Å². The van der Waals surface area contributed by atoms with Crippen molar-refractivity contribution < 1.29 is 9.59 Å². The summed E-state index contributed by atoms with van der Waals surface area (Å²) in [6, 6.07) is 5.97. The van der Waals surface area contributed by atoms with E-state index in [-0.39, 0.29) is 17.3 Å². The molecule has 1 heterocycles. The highest BCUT2D eigenvalue weighted by Crippen LogP contribution is 2.03. The van der Waals surface area contributed by atoms with Gasteiger partial charge in [-0.1, -0.05) is 18.9 Å². The number of hydrogen-bond acceptors (Lipinski definition) is 4. The van der Waals surface area contributed by atoms with Gasteiger partial charge < -0.3 is 22.9 Å². The monoisotopic (exact) mass is 280 g/mol. The molecule has 2 amide bonds. The first kappa shape index (κ1) is 18.1. The molecule has 0 bridgehead atoms. The minimum absolute atomic E-state index is 0. The summed E-state index contributed by atoms with van der Waals surface area (Å²) >= 11 is 0. The second-order valence-electron chi connectivity index (χ2n) is 4.47. The lowest BCUT2D eigenvalue weighted by Crippen LogP contribution is -2.14. The fourth-order valence-electron chi connectivity index (χ4n) is 1.80. The van der Waals surface area contributed by atoms with Crippen LogP contribution in [0.5, 0.6) is 0 Å². The minimum Gasteiger partial charge on any atom is -0.366 e. The van der Waals surface area contributed by atoms with E-state index in [0.717, 1.165) is 0 Å². The second-order valence-corrected chi connectivity index (χ2v) is 4.47. The number of hydrogen-bond donors (Lipinski definition) is 4.